The maximum atomic E-state index is 12.9. The Morgan fingerprint density at radius 2 is 1.93 bits per heavy atom. The van der Waals surface area contributed by atoms with Crippen molar-refractivity contribution in [1.82, 2.24) is 15.2 Å². The van der Waals surface area contributed by atoms with Gasteiger partial charge in [-0.15, -0.1) is 5.10 Å². The zero-order valence-corrected chi connectivity index (χ0v) is 14.2. The van der Waals surface area contributed by atoms with Gasteiger partial charge in [0.25, 0.3) is 5.91 Å². The average molecular weight is 394 g/mol. The Labute approximate surface area is 155 Å². The van der Waals surface area contributed by atoms with Gasteiger partial charge in [0.1, 0.15) is 24.2 Å². The summed E-state index contributed by atoms with van der Waals surface area (Å²) in [5.41, 5.74) is -0.198. The molecule has 2 aromatic carbocycles. The Balaban J connectivity index is 1.43. The van der Waals surface area contributed by atoms with Crippen LogP contribution in [-0.4, -0.2) is 40.9 Å². The topological polar surface area (TPSA) is 87.5 Å². The molecule has 1 amide bonds. The molecule has 0 unspecified atom stereocenters. The van der Waals surface area contributed by atoms with E-state index in [0.717, 1.165) is 17.0 Å². The number of hydrogen-bond donors (Lipinski definition) is 1. The molecule has 4 rings (SSSR count). The second-order valence-corrected chi connectivity index (χ2v) is 5.84. The number of carbonyl (C=O) groups is 1. The summed E-state index contributed by atoms with van der Waals surface area (Å²) in [6, 6.07) is 7.83. The molecular weight excluding hydrogens is 381 g/mol. The number of carbonyl (C=O) groups excluding carboxylic acids is 1. The van der Waals surface area contributed by atoms with Crippen molar-refractivity contribution in [2.24, 2.45) is 0 Å². The Hall–Kier alpha value is -3.50. The molecule has 1 aliphatic heterocycles. The molecule has 0 saturated heterocycles. The van der Waals surface area contributed by atoms with E-state index in [9.17, 15) is 18.0 Å². The van der Waals surface area contributed by atoms with E-state index < -0.39 is 24.3 Å². The van der Waals surface area contributed by atoms with Gasteiger partial charge in [-0.1, -0.05) is 4.85 Å². The van der Waals surface area contributed by atoms with E-state index in [1.807, 2.05) is 0 Å². The molecule has 0 spiro atoms. The first kappa shape index (κ1) is 17.9. The molecule has 1 aliphatic rings. The third-order valence-electron chi connectivity index (χ3n) is 3.89. The Morgan fingerprint density at radius 1 is 1.14 bits per heavy atom. The highest BCUT2D eigenvalue weighted by Gasteiger charge is 2.31. The van der Waals surface area contributed by atoms with Crippen molar-refractivity contribution < 1.29 is 32.3 Å². The molecule has 1 aromatic heterocycles. The van der Waals surface area contributed by atoms with Crippen LogP contribution in [0.2, 0.25) is 0 Å². The minimum atomic E-state index is -4.51. The van der Waals surface area contributed by atoms with Crippen LogP contribution < -0.4 is 19.6 Å². The van der Waals surface area contributed by atoms with E-state index in [2.05, 4.69) is 15.6 Å². The smallest absolute Gasteiger partial charge is 0.416 e. The molecule has 11 heteroatoms. The molecule has 146 valence electrons. The van der Waals surface area contributed by atoms with Gasteiger partial charge in [0.15, 0.2) is 18.1 Å². The van der Waals surface area contributed by atoms with Crippen LogP contribution in [0.4, 0.5) is 18.9 Å². The summed E-state index contributed by atoms with van der Waals surface area (Å²) in [6.07, 6.45) is -4.51. The van der Waals surface area contributed by atoms with Crippen molar-refractivity contribution in [3.63, 3.8) is 0 Å². The van der Waals surface area contributed by atoms with Crippen LogP contribution >= 0.6 is 0 Å². The molecule has 0 radical (unpaired) electrons. The van der Waals surface area contributed by atoms with Crippen LogP contribution in [0, 0.1) is 0 Å². The van der Waals surface area contributed by atoms with Crippen molar-refractivity contribution in [3.8, 4) is 11.5 Å². The zero-order chi connectivity index (χ0) is 19.7. The van der Waals surface area contributed by atoms with Crippen LogP contribution in [0.25, 0.3) is 11.0 Å². The molecule has 0 atom stereocenters. The number of hydrogen-bond acceptors (Lipinski definition) is 6. The molecule has 28 heavy (non-hydrogen) atoms. The standard InChI is InChI=1S/C17H13F3N4O4/c18-17(19,20)10-1-3-12-13(7-10)24(23-22-12)28-9-16(25)21-11-2-4-14-15(8-11)27-6-5-26-14/h1-4,7-8H,5-6,9H2,(H,21,25). The summed E-state index contributed by atoms with van der Waals surface area (Å²) in [5.74, 6) is 0.550. The third kappa shape index (κ3) is 3.63. The number of benzene rings is 2. The second kappa shape index (κ2) is 6.91. The lowest BCUT2D eigenvalue weighted by molar-refractivity contribution is -0.137. The number of alkyl halides is 3. The van der Waals surface area contributed by atoms with Gasteiger partial charge in [-0.2, -0.15) is 13.2 Å². The number of anilines is 1. The summed E-state index contributed by atoms with van der Waals surface area (Å²) in [4.78, 5) is 18.1. The fourth-order valence-electron chi connectivity index (χ4n) is 2.61. The van der Waals surface area contributed by atoms with Gasteiger partial charge in [-0.3, -0.25) is 4.79 Å². The molecule has 0 bridgehead atoms. The highest BCUT2D eigenvalue weighted by atomic mass is 19.4. The van der Waals surface area contributed by atoms with E-state index in [4.69, 9.17) is 14.3 Å². The lowest BCUT2D eigenvalue weighted by atomic mass is 10.2. The SMILES string of the molecule is O=C(COn1nnc2ccc(C(F)(F)F)cc21)Nc1ccc2c(c1)OCCO2. The van der Waals surface area contributed by atoms with Gasteiger partial charge in [0.05, 0.1) is 5.56 Å². The zero-order valence-electron chi connectivity index (χ0n) is 14.2. The van der Waals surface area contributed by atoms with E-state index >= 15 is 0 Å². The van der Waals surface area contributed by atoms with Crippen molar-refractivity contribution >= 4 is 22.6 Å². The van der Waals surface area contributed by atoms with E-state index in [0.29, 0.717) is 30.4 Å². The Bertz CT molecular complexity index is 1030. The van der Waals surface area contributed by atoms with Gasteiger partial charge in [0, 0.05) is 11.8 Å². The third-order valence-corrected chi connectivity index (χ3v) is 3.89. The van der Waals surface area contributed by atoms with Gasteiger partial charge < -0.3 is 19.6 Å². The monoisotopic (exact) mass is 394 g/mol. The molecule has 2 heterocycles. The number of rotatable bonds is 4. The molecule has 3 aromatic rings. The van der Waals surface area contributed by atoms with E-state index in [1.54, 1.807) is 18.2 Å². The summed E-state index contributed by atoms with van der Waals surface area (Å²) >= 11 is 0. The van der Waals surface area contributed by atoms with E-state index in [1.165, 1.54) is 6.07 Å². The van der Waals surface area contributed by atoms with Crippen LogP contribution in [0.5, 0.6) is 11.5 Å². The van der Waals surface area contributed by atoms with Crippen molar-refractivity contribution in [1.29, 1.82) is 0 Å². The molecular formula is C17H13F3N4O4. The largest absolute Gasteiger partial charge is 0.486 e. The first-order valence-corrected chi connectivity index (χ1v) is 8.15. The fraction of sp³-hybridized carbons (Fsp3) is 0.235. The quantitative estimate of drug-likeness (QED) is 0.731. The summed E-state index contributed by atoms with van der Waals surface area (Å²) in [6.45, 7) is 0.379. The minimum absolute atomic E-state index is 0.00181. The number of ether oxygens (including phenoxy) is 2. The summed E-state index contributed by atoms with van der Waals surface area (Å²) in [5, 5.41) is 9.92. The predicted octanol–water partition coefficient (Wildman–Crippen LogP) is 2.29. The maximum Gasteiger partial charge on any atom is 0.416 e. The normalized spacial score (nSPS) is 13.4. The van der Waals surface area contributed by atoms with Crippen LogP contribution in [0.1, 0.15) is 5.56 Å². The predicted molar refractivity (Wildman–Crippen MR) is 90.0 cm³/mol. The number of nitrogens with zero attached hydrogens (tertiary/aromatic N) is 3. The lowest BCUT2D eigenvalue weighted by Crippen LogP contribution is -2.26. The van der Waals surface area contributed by atoms with E-state index in [-0.39, 0.29) is 11.0 Å². The highest BCUT2D eigenvalue weighted by molar-refractivity contribution is 5.92. The van der Waals surface area contributed by atoms with Crippen LogP contribution in [-0.2, 0) is 11.0 Å². The minimum Gasteiger partial charge on any atom is -0.486 e. The highest BCUT2D eigenvalue weighted by Crippen LogP contribution is 2.33. The molecule has 1 N–H and O–H groups in total. The number of nitrogens with one attached hydrogen (secondary N) is 1. The van der Waals surface area contributed by atoms with Gasteiger partial charge in [0.2, 0.25) is 0 Å². The summed E-state index contributed by atoms with van der Waals surface area (Å²) in [7, 11) is 0. The van der Waals surface area contributed by atoms with Gasteiger partial charge >= 0.3 is 6.18 Å². The molecule has 0 aliphatic carbocycles. The lowest BCUT2D eigenvalue weighted by Gasteiger charge is -2.19. The van der Waals surface area contributed by atoms with Crippen LogP contribution in [0.3, 0.4) is 0 Å². The first-order valence-electron chi connectivity index (χ1n) is 8.15. The van der Waals surface area contributed by atoms with Gasteiger partial charge in [-0.25, -0.2) is 0 Å². The molecule has 0 saturated carbocycles. The first-order chi connectivity index (χ1) is 13.4. The number of halogens is 3. The molecule has 8 nitrogen and oxygen atoms in total. The fourth-order valence-corrected chi connectivity index (χ4v) is 2.61. The number of amides is 1. The van der Waals surface area contributed by atoms with Crippen molar-refractivity contribution in [3.05, 3.63) is 42.0 Å². The van der Waals surface area contributed by atoms with Crippen LogP contribution in [0.15, 0.2) is 36.4 Å². The van der Waals surface area contributed by atoms with Crippen molar-refractivity contribution in [2.75, 3.05) is 25.1 Å². The Kier molecular flexibility index (Phi) is 4.41. The number of aromatic nitrogens is 3. The Morgan fingerprint density at radius 3 is 2.71 bits per heavy atom. The molecule has 0 fully saturated rings. The average Bonchev–Trinajstić information content (AvgIpc) is 3.08. The maximum absolute atomic E-state index is 12.9. The summed E-state index contributed by atoms with van der Waals surface area (Å²) < 4.78 is 49.4. The van der Waals surface area contributed by atoms with Crippen molar-refractivity contribution in [2.45, 2.75) is 6.18 Å². The second-order valence-electron chi connectivity index (χ2n) is 5.84. The number of fused-ring (bicyclic) bond motifs is 2. The van der Waals surface area contributed by atoms with Gasteiger partial charge in [-0.05, 0) is 35.5 Å².